The lowest BCUT2D eigenvalue weighted by atomic mass is 9.90. The quantitative estimate of drug-likeness (QED) is 0.895. The average Bonchev–Trinajstić information content (AvgIpc) is 2.37. The first-order chi connectivity index (χ1) is 9.69. The third kappa shape index (κ3) is 2.54. The number of pyridine rings is 1. The van der Waals surface area contributed by atoms with Gasteiger partial charge < -0.3 is 10.0 Å². The Bertz CT molecular complexity index is 473. The second-order valence-electron chi connectivity index (χ2n) is 6.23. The summed E-state index contributed by atoms with van der Waals surface area (Å²) < 4.78 is 0. The molecule has 1 aromatic rings. The van der Waals surface area contributed by atoms with Crippen LogP contribution in [0.2, 0.25) is 0 Å². The van der Waals surface area contributed by atoms with Gasteiger partial charge in [0.2, 0.25) is 0 Å². The Hall–Kier alpha value is -1.13. The van der Waals surface area contributed by atoms with E-state index in [9.17, 15) is 5.11 Å². The van der Waals surface area contributed by atoms with Crippen LogP contribution in [0.25, 0.3) is 0 Å². The molecule has 1 aliphatic carbocycles. The molecule has 110 valence electrons. The highest BCUT2D eigenvalue weighted by molar-refractivity contribution is 5.48. The van der Waals surface area contributed by atoms with Crippen molar-refractivity contribution in [1.29, 1.82) is 0 Å². The lowest BCUT2D eigenvalue weighted by Gasteiger charge is -2.41. The Kier molecular flexibility index (Phi) is 3.94. The lowest BCUT2D eigenvalue weighted by Crippen LogP contribution is -2.46. The topological polar surface area (TPSA) is 39.6 Å². The third-order valence-corrected chi connectivity index (χ3v) is 4.90. The number of hydrogen-bond acceptors (Lipinski definition) is 4. The van der Waals surface area contributed by atoms with Crippen LogP contribution in [0.5, 0.6) is 0 Å². The van der Waals surface area contributed by atoms with E-state index in [1.165, 1.54) is 24.8 Å². The molecule has 1 fully saturated rings. The molecular formula is C16H25N3O. The molecule has 1 saturated carbocycles. The van der Waals surface area contributed by atoms with Crippen molar-refractivity contribution < 1.29 is 5.11 Å². The van der Waals surface area contributed by atoms with Crippen LogP contribution < -0.4 is 4.90 Å². The van der Waals surface area contributed by atoms with E-state index < -0.39 is 0 Å². The van der Waals surface area contributed by atoms with Gasteiger partial charge >= 0.3 is 0 Å². The molecule has 1 N–H and O–H groups in total. The van der Waals surface area contributed by atoms with Gasteiger partial charge in [-0.2, -0.15) is 0 Å². The highest BCUT2D eigenvalue weighted by Crippen LogP contribution is 2.31. The van der Waals surface area contributed by atoms with E-state index in [0.29, 0.717) is 0 Å². The molecular weight excluding hydrogens is 250 g/mol. The first kappa shape index (κ1) is 13.8. The first-order valence-electron chi connectivity index (χ1n) is 7.73. The minimum absolute atomic E-state index is 0.172. The maximum absolute atomic E-state index is 9.68. The van der Waals surface area contributed by atoms with Crippen LogP contribution in [0.1, 0.15) is 36.9 Å². The van der Waals surface area contributed by atoms with Crippen molar-refractivity contribution in [3.8, 4) is 0 Å². The fraction of sp³-hybridized carbons (Fsp3) is 0.688. The number of rotatable bonds is 2. The lowest BCUT2D eigenvalue weighted by molar-refractivity contribution is 0.108. The number of aliphatic hydroxyl groups is 1. The smallest absolute Gasteiger partial charge is 0.133 e. The van der Waals surface area contributed by atoms with Gasteiger partial charge in [0.15, 0.2) is 0 Å². The molecule has 2 aliphatic rings. The van der Waals surface area contributed by atoms with E-state index in [4.69, 9.17) is 4.98 Å². The van der Waals surface area contributed by atoms with Gasteiger partial charge in [-0.15, -0.1) is 0 Å². The molecule has 4 nitrogen and oxygen atoms in total. The number of hydrogen-bond donors (Lipinski definition) is 1. The summed E-state index contributed by atoms with van der Waals surface area (Å²) in [6.07, 6.45) is 5.03. The molecule has 0 amide bonds. The number of fused-ring (bicyclic) bond motifs is 1. The van der Waals surface area contributed by atoms with Gasteiger partial charge in [-0.25, -0.2) is 4.98 Å². The Balaban J connectivity index is 1.92. The number of nitrogens with zero attached hydrogens (tertiary/aromatic N) is 3. The molecule has 2 heterocycles. The van der Waals surface area contributed by atoms with Crippen LogP contribution >= 0.6 is 0 Å². The first-order valence-corrected chi connectivity index (χ1v) is 7.73. The normalized spacial score (nSPS) is 24.8. The zero-order chi connectivity index (χ0) is 14.1. The van der Waals surface area contributed by atoms with E-state index in [1.54, 1.807) is 0 Å². The standard InChI is InChI=1S/C16H25N3O/c1-12-6-7-13-10-19(14-4-3-5-14)9-8-15(11-20)18(2)16(13)17-12/h6-7,14-15,20H,3-5,8-11H2,1-2H3. The van der Waals surface area contributed by atoms with Gasteiger partial charge in [0, 0.05) is 37.4 Å². The molecule has 20 heavy (non-hydrogen) atoms. The Labute approximate surface area is 121 Å². The van der Waals surface area contributed by atoms with E-state index in [2.05, 4.69) is 29.0 Å². The molecule has 0 aromatic carbocycles. The molecule has 0 saturated heterocycles. The Morgan fingerprint density at radius 1 is 1.30 bits per heavy atom. The van der Waals surface area contributed by atoms with Gasteiger partial charge in [0.25, 0.3) is 0 Å². The Morgan fingerprint density at radius 3 is 2.75 bits per heavy atom. The summed E-state index contributed by atoms with van der Waals surface area (Å²) in [5.41, 5.74) is 2.34. The number of aromatic nitrogens is 1. The maximum atomic E-state index is 9.68. The fourth-order valence-corrected chi connectivity index (χ4v) is 3.26. The second kappa shape index (κ2) is 5.70. The van der Waals surface area contributed by atoms with Crippen LogP contribution in [-0.4, -0.2) is 47.3 Å². The van der Waals surface area contributed by atoms with Crippen molar-refractivity contribution in [2.24, 2.45) is 0 Å². The molecule has 0 bridgehead atoms. The van der Waals surface area contributed by atoms with Gasteiger partial charge in [0.05, 0.1) is 12.6 Å². The minimum Gasteiger partial charge on any atom is -0.394 e. The highest BCUT2D eigenvalue weighted by atomic mass is 16.3. The molecule has 0 spiro atoms. The van der Waals surface area contributed by atoms with E-state index in [-0.39, 0.29) is 12.6 Å². The summed E-state index contributed by atoms with van der Waals surface area (Å²) in [5, 5.41) is 9.68. The van der Waals surface area contributed by atoms with Gasteiger partial charge in [-0.05, 0) is 32.3 Å². The van der Waals surface area contributed by atoms with Crippen LogP contribution in [0.15, 0.2) is 12.1 Å². The second-order valence-corrected chi connectivity index (χ2v) is 6.23. The van der Waals surface area contributed by atoms with Crippen molar-refractivity contribution in [3.63, 3.8) is 0 Å². The molecule has 1 aromatic heterocycles. The summed E-state index contributed by atoms with van der Waals surface area (Å²) in [6, 6.07) is 5.22. The van der Waals surface area contributed by atoms with Crippen LogP contribution in [0.4, 0.5) is 5.82 Å². The van der Waals surface area contributed by atoms with Gasteiger partial charge in [-0.1, -0.05) is 12.5 Å². The number of anilines is 1. The molecule has 1 aliphatic heterocycles. The summed E-state index contributed by atoms with van der Waals surface area (Å²) in [7, 11) is 2.06. The number of aryl methyl sites for hydroxylation is 1. The fourth-order valence-electron chi connectivity index (χ4n) is 3.26. The monoisotopic (exact) mass is 275 g/mol. The summed E-state index contributed by atoms with van der Waals surface area (Å²) in [5.74, 6) is 1.05. The van der Waals surface area contributed by atoms with Crippen molar-refractivity contribution in [2.45, 2.75) is 51.2 Å². The van der Waals surface area contributed by atoms with Crippen molar-refractivity contribution >= 4 is 5.82 Å². The zero-order valence-electron chi connectivity index (χ0n) is 12.5. The Morgan fingerprint density at radius 2 is 2.10 bits per heavy atom. The van der Waals surface area contributed by atoms with Crippen molar-refractivity contribution in [1.82, 2.24) is 9.88 Å². The number of aliphatic hydroxyl groups excluding tert-OH is 1. The van der Waals surface area contributed by atoms with Crippen molar-refractivity contribution in [2.75, 3.05) is 25.1 Å². The summed E-state index contributed by atoms with van der Waals surface area (Å²) in [4.78, 5) is 9.48. The van der Waals surface area contributed by atoms with Crippen LogP contribution in [0, 0.1) is 6.92 Å². The van der Waals surface area contributed by atoms with Crippen LogP contribution in [0.3, 0.4) is 0 Å². The largest absolute Gasteiger partial charge is 0.394 e. The SMILES string of the molecule is Cc1ccc2c(n1)N(C)C(CO)CCN(C1CCC1)C2. The van der Waals surface area contributed by atoms with E-state index >= 15 is 0 Å². The van der Waals surface area contributed by atoms with Gasteiger partial charge in [-0.3, -0.25) is 4.90 Å². The van der Waals surface area contributed by atoms with Gasteiger partial charge in [0.1, 0.15) is 5.82 Å². The third-order valence-electron chi connectivity index (χ3n) is 4.90. The predicted octanol–water partition coefficient (Wildman–Crippen LogP) is 1.95. The minimum atomic E-state index is 0.172. The average molecular weight is 275 g/mol. The molecule has 3 rings (SSSR count). The highest BCUT2D eigenvalue weighted by Gasteiger charge is 2.29. The molecule has 1 unspecified atom stereocenters. The van der Waals surface area contributed by atoms with E-state index in [0.717, 1.165) is 37.1 Å². The van der Waals surface area contributed by atoms with Crippen LogP contribution in [-0.2, 0) is 6.54 Å². The molecule has 0 radical (unpaired) electrons. The van der Waals surface area contributed by atoms with E-state index in [1.807, 2.05) is 6.92 Å². The predicted molar refractivity (Wildman–Crippen MR) is 80.9 cm³/mol. The molecule has 1 atom stereocenters. The number of likely N-dealkylation sites (N-methyl/N-ethyl adjacent to an activating group) is 1. The van der Waals surface area contributed by atoms with Crippen molar-refractivity contribution in [3.05, 3.63) is 23.4 Å². The summed E-state index contributed by atoms with van der Waals surface area (Å²) >= 11 is 0. The molecule has 4 heteroatoms. The maximum Gasteiger partial charge on any atom is 0.133 e. The summed E-state index contributed by atoms with van der Waals surface area (Å²) in [6.45, 7) is 4.30. The zero-order valence-corrected chi connectivity index (χ0v) is 12.5.